The van der Waals surface area contributed by atoms with Crippen molar-refractivity contribution in [2.24, 2.45) is 5.92 Å². The number of aliphatic hydroxyl groups excluding tert-OH is 1. The van der Waals surface area contributed by atoms with E-state index >= 15 is 0 Å². The van der Waals surface area contributed by atoms with E-state index in [1.165, 1.54) is 12.4 Å². The molecule has 1 aromatic rings. The summed E-state index contributed by atoms with van der Waals surface area (Å²) in [6, 6.07) is 1.43. The lowest BCUT2D eigenvalue weighted by atomic mass is 10.0. The largest absolute Gasteiger partial charge is 0.478 e. The molecule has 5 nitrogen and oxygen atoms in total. The Balaban J connectivity index is 2.91. The highest BCUT2D eigenvalue weighted by atomic mass is 16.4. The molecule has 5 heteroatoms. The standard InChI is InChI=1S/C11H16N2O3/c1-7(2)10(6-14)13-9-3-4-12-5-8(9)11(15)16/h3-5,7,10,14H,6H2,1-2H3,(H,12,13)(H,15,16)/t10-/m1/s1. The highest BCUT2D eigenvalue weighted by Gasteiger charge is 2.16. The van der Waals surface area contributed by atoms with E-state index in [-0.39, 0.29) is 24.1 Å². The van der Waals surface area contributed by atoms with Gasteiger partial charge in [-0.1, -0.05) is 13.8 Å². The van der Waals surface area contributed by atoms with Crippen LogP contribution in [-0.4, -0.2) is 33.8 Å². The van der Waals surface area contributed by atoms with Gasteiger partial charge in [0, 0.05) is 12.4 Å². The predicted molar refractivity (Wildman–Crippen MR) is 60.5 cm³/mol. The average molecular weight is 224 g/mol. The summed E-state index contributed by atoms with van der Waals surface area (Å²) in [5.41, 5.74) is 0.594. The summed E-state index contributed by atoms with van der Waals surface area (Å²) in [6.45, 7) is 3.87. The van der Waals surface area contributed by atoms with E-state index < -0.39 is 5.97 Å². The van der Waals surface area contributed by atoms with E-state index in [1.807, 2.05) is 13.8 Å². The van der Waals surface area contributed by atoms with Crippen LogP contribution in [0.1, 0.15) is 24.2 Å². The fraction of sp³-hybridized carbons (Fsp3) is 0.455. The number of pyridine rings is 1. The first-order valence-electron chi connectivity index (χ1n) is 5.11. The SMILES string of the molecule is CC(C)[C@@H](CO)Nc1ccncc1C(=O)O. The molecule has 0 radical (unpaired) electrons. The normalized spacial score (nSPS) is 12.5. The Morgan fingerprint density at radius 3 is 2.75 bits per heavy atom. The summed E-state index contributed by atoms with van der Waals surface area (Å²) < 4.78 is 0. The Labute approximate surface area is 94.1 Å². The van der Waals surface area contributed by atoms with Gasteiger partial charge in [-0.3, -0.25) is 4.98 Å². The third kappa shape index (κ3) is 2.93. The lowest BCUT2D eigenvalue weighted by Gasteiger charge is -2.21. The van der Waals surface area contributed by atoms with Crippen molar-refractivity contribution in [3.05, 3.63) is 24.0 Å². The van der Waals surface area contributed by atoms with E-state index in [4.69, 9.17) is 10.2 Å². The van der Waals surface area contributed by atoms with Gasteiger partial charge < -0.3 is 15.5 Å². The predicted octanol–water partition coefficient (Wildman–Crippen LogP) is 1.21. The van der Waals surface area contributed by atoms with Crippen LogP contribution in [0.4, 0.5) is 5.69 Å². The van der Waals surface area contributed by atoms with Crippen molar-refractivity contribution in [1.29, 1.82) is 0 Å². The monoisotopic (exact) mass is 224 g/mol. The molecule has 16 heavy (non-hydrogen) atoms. The summed E-state index contributed by atoms with van der Waals surface area (Å²) in [6.07, 6.45) is 2.81. The molecule has 0 fully saturated rings. The quantitative estimate of drug-likeness (QED) is 0.700. The molecule has 0 aromatic carbocycles. The second-order valence-electron chi connectivity index (χ2n) is 3.90. The molecule has 3 N–H and O–H groups in total. The molecule has 0 aliphatic heterocycles. The first-order valence-corrected chi connectivity index (χ1v) is 5.11. The first-order chi connectivity index (χ1) is 7.56. The van der Waals surface area contributed by atoms with Gasteiger partial charge >= 0.3 is 5.97 Å². The lowest BCUT2D eigenvalue weighted by Crippen LogP contribution is -2.30. The molecule has 0 spiro atoms. The Bertz CT molecular complexity index is 366. The molecule has 0 saturated heterocycles. The van der Waals surface area contributed by atoms with Crippen molar-refractivity contribution in [3.63, 3.8) is 0 Å². The molecule has 0 aliphatic carbocycles. The summed E-state index contributed by atoms with van der Waals surface area (Å²) in [7, 11) is 0. The highest BCUT2D eigenvalue weighted by Crippen LogP contribution is 2.17. The zero-order valence-electron chi connectivity index (χ0n) is 9.34. The molecule has 1 rings (SSSR count). The Kier molecular flexibility index (Phi) is 4.25. The second-order valence-corrected chi connectivity index (χ2v) is 3.90. The van der Waals surface area contributed by atoms with E-state index in [0.29, 0.717) is 5.69 Å². The molecule has 0 aliphatic rings. The van der Waals surface area contributed by atoms with Crippen LogP contribution in [0.15, 0.2) is 18.5 Å². The number of nitrogens with zero attached hydrogens (tertiary/aromatic N) is 1. The van der Waals surface area contributed by atoms with E-state index in [2.05, 4.69) is 10.3 Å². The topological polar surface area (TPSA) is 82.5 Å². The third-order valence-corrected chi connectivity index (χ3v) is 2.39. The van der Waals surface area contributed by atoms with Crippen molar-refractivity contribution in [1.82, 2.24) is 4.98 Å². The van der Waals surface area contributed by atoms with Crippen molar-refractivity contribution < 1.29 is 15.0 Å². The Hall–Kier alpha value is -1.62. The van der Waals surface area contributed by atoms with Gasteiger partial charge in [-0.2, -0.15) is 0 Å². The maximum atomic E-state index is 10.9. The van der Waals surface area contributed by atoms with Crippen LogP contribution in [0.3, 0.4) is 0 Å². The number of aromatic nitrogens is 1. The zero-order valence-corrected chi connectivity index (χ0v) is 9.34. The van der Waals surface area contributed by atoms with Crippen molar-refractivity contribution in [2.75, 3.05) is 11.9 Å². The van der Waals surface area contributed by atoms with Gasteiger partial charge in [0.25, 0.3) is 0 Å². The van der Waals surface area contributed by atoms with E-state index in [1.54, 1.807) is 6.07 Å². The van der Waals surface area contributed by atoms with Crippen molar-refractivity contribution in [3.8, 4) is 0 Å². The summed E-state index contributed by atoms with van der Waals surface area (Å²) in [5.74, 6) is -0.823. The van der Waals surface area contributed by atoms with Crippen LogP contribution in [0.2, 0.25) is 0 Å². The molecule has 1 heterocycles. The highest BCUT2D eigenvalue weighted by molar-refractivity contribution is 5.93. The summed E-state index contributed by atoms with van der Waals surface area (Å²) >= 11 is 0. The third-order valence-electron chi connectivity index (χ3n) is 2.39. The van der Waals surface area contributed by atoms with Gasteiger partial charge in [-0.15, -0.1) is 0 Å². The minimum atomic E-state index is -1.03. The van der Waals surface area contributed by atoms with Gasteiger partial charge in [-0.25, -0.2) is 4.79 Å². The number of carbonyl (C=O) groups is 1. The number of rotatable bonds is 5. The number of nitrogens with one attached hydrogen (secondary N) is 1. The number of carboxylic acids is 1. The fourth-order valence-corrected chi connectivity index (χ4v) is 1.31. The maximum absolute atomic E-state index is 10.9. The fourth-order valence-electron chi connectivity index (χ4n) is 1.31. The minimum absolute atomic E-state index is 0.0426. The van der Waals surface area contributed by atoms with E-state index in [9.17, 15) is 4.79 Å². The number of aliphatic hydroxyl groups is 1. The number of aromatic carboxylic acids is 1. The molecule has 88 valence electrons. The number of hydrogen-bond acceptors (Lipinski definition) is 4. The van der Waals surface area contributed by atoms with Gasteiger partial charge in [0.1, 0.15) is 5.56 Å². The van der Waals surface area contributed by atoms with Crippen LogP contribution < -0.4 is 5.32 Å². The minimum Gasteiger partial charge on any atom is -0.478 e. The van der Waals surface area contributed by atoms with Crippen LogP contribution >= 0.6 is 0 Å². The van der Waals surface area contributed by atoms with Gasteiger partial charge in [0.15, 0.2) is 0 Å². The van der Waals surface area contributed by atoms with Crippen LogP contribution in [0.25, 0.3) is 0 Å². The summed E-state index contributed by atoms with van der Waals surface area (Å²) in [4.78, 5) is 14.7. The second kappa shape index (κ2) is 5.46. The Morgan fingerprint density at radius 2 is 2.25 bits per heavy atom. The van der Waals surface area contributed by atoms with Crippen molar-refractivity contribution >= 4 is 11.7 Å². The van der Waals surface area contributed by atoms with Crippen LogP contribution in [-0.2, 0) is 0 Å². The maximum Gasteiger partial charge on any atom is 0.339 e. The Morgan fingerprint density at radius 1 is 1.56 bits per heavy atom. The number of anilines is 1. The molecular formula is C11H16N2O3. The van der Waals surface area contributed by atoms with Crippen LogP contribution in [0.5, 0.6) is 0 Å². The molecular weight excluding hydrogens is 208 g/mol. The first kappa shape index (κ1) is 12.4. The molecule has 1 aromatic heterocycles. The molecule has 1 atom stereocenters. The molecule has 0 bridgehead atoms. The molecule has 0 saturated carbocycles. The number of carboxylic acid groups (broad SMARTS) is 1. The molecule has 0 amide bonds. The zero-order chi connectivity index (χ0) is 12.1. The van der Waals surface area contributed by atoms with Crippen LogP contribution in [0, 0.1) is 5.92 Å². The van der Waals surface area contributed by atoms with E-state index in [0.717, 1.165) is 0 Å². The number of hydrogen-bond donors (Lipinski definition) is 3. The molecule has 0 unspecified atom stereocenters. The summed E-state index contributed by atoms with van der Waals surface area (Å²) in [5, 5.41) is 21.1. The van der Waals surface area contributed by atoms with Crippen molar-refractivity contribution in [2.45, 2.75) is 19.9 Å². The van der Waals surface area contributed by atoms with Gasteiger partial charge in [0.05, 0.1) is 18.3 Å². The smallest absolute Gasteiger partial charge is 0.339 e. The van der Waals surface area contributed by atoms with Gasteiger partial charge in [0.2, 0.25) is 0 Å². The lowest BCUT2D eigenvalue weighted by molar-refractivity contribution is 0.0697. The average Bonchev–Trinajstić information content (AvgIpc) is 2.25. The van der Waals surface area contributed by atoms with Gasteiger partial charge in [-0.05, 0) is 12.0 Å².